The number of carbonyl (C=O) groups excluding carboxylic acids is 3. The van der Waals surface area contributed by atoms with Gasteiger partial charge in [0.2, 0.25) is 11.8 Å². The number of carbonyl (C=O) groups is 4. The first-order valence-electron chi connectivity index (χ1n) is 10.9. The summed E-state index contributed by atoms with van der Waals surface area (Å²) in [6, 6.07) is 7.10. The Balaban J connectivity index is 2.00. The predicted molar refractivity (Wildman–Crippen MR) is 119 cm³/mol. The van der Waals surface area contributed by atoms with Crippen LogP contribution in [0, 0.1) is 0 Å². The highest BCUT2D eigenvalue weighted by Gasteiger charge is 2.31. The van der Waals surface area contributed by atoms with Crippen LogP contribution in [0.3, 0.4) is 0 Å². The smallest absolute Gasteiger partial charge is 0.322 e. The lowest BCUT2D eigenvalue weighted by Gasteiger charge is -2.33. The first kappa shape index (κ1) is 25.1. The lowest BCUT2D eigenvalue weighted by molar-refractivity contribution is -0.148. The first-order valence-corrected chi connectivity index (χ1v) is 10.9. The standard InChI is InChI=1S/C23H32N4O5/c1-3-4-12-20(28)25-18(14-13-17-9-6-5-7-10-17)21(29)24-16(2)22(30)27-15-8-11-19(26-27)23(31)32/h3-7,9-10,16,18-19,26H,8,11-15H2,1-2H3,(H,24,29)(H,25,28)(H,31,32). The SMILES string of the molecule is CC=CCC(=O)NC(CCc1ccccc1)C(=O)NC(C)C(=O)N1CCCC(C(=O)O)N1. The number of allylic oxidation sites excluding steroid dienone is 1. The molecule has 1 aromatic rings. The van der Waals surface area contributed by atoms with E-state index in [1.807, 2.05) is 37.3 Å². The Kier molecular flexibility index (Phi) is 9.87. The minimum atomic E-state index is -1.02. The predicted octanol–water partition coefficient (Wildman–Crippen LogP) is 1.16. The number of hydrazine groups is 1. The molecule has 0 radical (unpaired) electrons. The van der Waals surface area contributed by atoms with Crippen molar-refractivity contribution in [1.29, 1.82) is 0 Å². The van der Waals surface area contributed by atoms with E-state index in [-0.39, 0.29) is 12.3 Å². The van der Waals surface area contributed by atoms with Gasteiger partial charge in [-0.1, -0.05) is 42.5 Å². The molecular weight excluding hydrogens is 412 g/mol. The van der Waals surface area contributed by atoms with Crippen LogP contribution in [0.15, 0.2) is 42.5 Å². The number of carboxylic acid groups (broad SMARTS) is 1. The first-order chi connectivity index (χ1) is 15.3. The highest BCUT2D eigenvalue weighted by Crippen LogP contribution is 2.10. The third kappa shape index (κ3) is 7.81. The highest BCUT2D eigenvalue weighted by atomic mass is 16.4. The fourth-order valence-electron chi connectivity index (χ4n) is 3.44. The van der Waals surface area contributed by atoms with Gasteiger partial charge in [0.1, 0.15) is 18.1 Å². The van der Waals surface area contributed by atoms with Gasteiger partial charge in [0.15, 0.2) is 0 Å². The van der Waals surface area contributed by atoms with Crippen LogP contribution < -0.4 is 16.1 Å². The molecule has 0 aromatic heterocycles. The number of nitrogens with one attached hydrogen (secondary N) is 3. The van der Waals surface area contributed by atoms with Crippen LogP contribution in [0.1, 0.15) is 45.1 Å². The number of hydrogen-bond acceptors (Lipinski definition) is 5. The summed E-state index contributed by atoms with van der Waals surface area (Å²) < 4.78 is 0. The Labute approximate surface area is 188 Å². The van der Waals surface area contributed by atoms with Gasteiger partial charge in [0.05, 0.1) is 0 Å². The second kappa shape index (κ2) is 12.6. The summed E-state index contributed by atoms with van der Waals surface area (Å²) in [4.78, 5) is 49.1. The van der Waals surface area contributed by atoms with Crippen molar-refractivity contribution < 1.29 is 24.3 Å². The monoisotopic (exact) mass is 444 g/mol. The van der Waals surface area contributed by atoms with Gasteiger partial charge in [-0.25, -0.2) is 5.43 Å². The van der Waals surface area contributed by atoms with Gasteiger partial charge in [-0.3, -0.25) is 24.2 Å². The van der Waals surface area contributed by atoms with Crippen LogP contribution in [0.4, 0.5) is 0 Å². The van der Waals surface area contributed by atoms with Crippen LogP contribution in [0.5, 0.6) is 0 Å². The van der Waals surface area contributed by atoms with Crippen molar-refractivity contribution in [3.05, 3.63) is 48.0 Å². The number of nitrogens with zero attached hydrogens (tertiary/aromatic N) is 1. The molecule has 0 spiro atoms. The van der Waals surface area contributed by atoms with E-state index in [1.165, 1.54) is 5.01 Å². The molecule has 1 aliphatic rings. The Morgan fingerprint density at radius 2 is 1.94 bits per heavy atom. The number of carboxylic acids is 1. The molecule has 1 saturated heterocycles. The molecule has 0 aliphatic carbocycles. The van der Waals surface area contributed by atoms with Crippen LogP contribution >= 0.6 is 0 Å². The van der Waals surface area contributed by atoms with E-state index >= 15 is 0 Å². The largest absolute Gasteiger partial charge is 0.480 e. The van der Waals surface area contributed by atoms with Gasteiger partial charge in [-0.2, -0.15) is 0 Å². The molecule has 3 atom stereocenters. The summed E-state index contributed by atoms with van der Waals surface area (Å²) in [7, 11) is 0. The number of benzene rings is 1. The van der Waals surface area contributed by atoms with Gasteiger partial charge >= 0.3 is 5.97 Å². The zero-order chi connectivity index (χ0) is 23.5. The van der Waals surface area contributed by atoms with Gasteiger partial charge in [0.25, 0.3) is 5.91 Å². The molecule has 1 fully saturated rings. The molecule has 9 heteroatoms. The molecule has 3 unspecified atom stereocenters. The number of amides is 3. The van der Waals surface area contributed by atoms with Gasteiger partial charge in [0, 0.05) is 13.0 Å². The molecule has 174 valence electrons. The summed E-state index contributed by atoms with van der Waals surface area (Å²) in [5, 5.41) is 15.8. The molecular formula is C23H32N4O5. The molecule has 9 nitrogen and oxygen atoms in total. The van der Waals surface area contributed by atoms with Crippen molar-refractivity contribution in [3.8, 4) is 0 Å². The van der Waals surface area contributed by atoms with E-state index in [9.17, 15) is 24.3 Å². The zero-order valence-electron chi connectivity index (χ0n) is 18.5. The van der Waals surface area contributed by atoms with Gasteiger partial charge < -0.3 is 15.7 Å². The summed E-state index contributed by atoms with van der Waals surface area (Å²) in [5.74, 6) is -2.19. The van der Waals surface area contributed by atoms with Crippen molar-refractivity contribution in [2.75, 3.05) is 6.54 Å². The molecule has 1 heterocycles. The summed E-state index contributed by atoms with van der Waals surface area (Å²) in [6.45, 7) is 3.71. The molecule has 0 bridgehead atoms. The minimum absolute atomic E-state index is 0.161. The summed E-state index contributed by atoms with van der Waals surface area (Å²) in [5.41, 5.74) is 3.73. The maximum atomic E-state index is 12.9. The maximum Gasteiger partial charge on any atom is 0.322 e. The second-order valence-corrected chi connectivity index (χ2v) is 7.80. The fourth-order valence-corrected chi connectivity index (χ4v) is 3.44. The average Bonchev–Trinajstić information content (AvgIpc) is 2.80. The summed E-state index contributed by atoms with van der Waals surface area (Å²) in [6.07, 6.45) is 5.57. The number of rotatable bonds is 10. The summed E-state index contributed by atoms with van der Waals surface area (Å²) >= 11 is 0. The lowest BCUT2D eigenvalue weighted by atomic mass is 10.0. The topological polar surface area (TPSA) is 128 Å². The molecule has 3 amide bonds. The number of hydrogen-bond donors (Lipinski definition) is 4. The molecule has 2 rings (SSSR count). The van der Waals surface area contributed by atoms with E-state index in [1.54, 1.807) is 19.1 Å². The molecule has 1 aromatic carbocycles. The van der Waals surface area contributed by atoms with Crippen LogP contribution in [0.2, 0.25) is 0 Å². The van der Waals surface area contributed by atoms with Crippen molar-refractivity contribution in [2.24, 2.45) is 0 Å². The van der Waals surface area contributed by atoms with Gasteiger partial charge in [-0.05, 0) is 45.1 Å². The Bertz CT molecular complexity index is 827. The third-order valence-corrected chi connectivity index (χ3v) is 5.23. The van der Waals surface area contributed by atoms with E-state index in [0.29, 0.717) is 32.2 Å². The molecule has 4 N–H and O–H groups in total. The van der Waals surface area contributed by atoms with Crippen LogP contribution in [0.25, 0.3) is 0 Å². The van der Waals surface area contributed by atoms with Gasteiger partial charge in [-0.15, -0.1) is 0 Å². The van der Waals surface area contributed by atoms with E-state index < -0.39 is 35.9 Å². The van der Waals surface area contributed by atoms with Crippen molar-refractivity contribution in [2.45, 2.75) is 64.1 Å². The van der Waals surface area contributed by atoms with Crippen molar-refractivity contribution in [3.63, 3.8) is 0 Å². The van der Waals surface area contributed by atoms with Crippen molar-refractivity contribution in [1.82, 2.24) is 21.1 Å². The lowest BCUT2D eigenvalue weighted by Crippen LogP contribution is -2.60. The van der Waals surface area contributed by atoms with E-state index in [4.69, 9.17) is 0 Å². The third-order valence-electron chi connectivity index (χ3n) is 5.23. The minimum Gasteiger partial charge on any atom is -0.480 e. The Hall–Kier alpha value is -3.20. The van der Waals surface area contributed by atoms with E-state index in [2.05, 4.69) is 16.1 Å². The zero-order valence-corrected chi connectivity index (χ0v) is 18.5. The Morgan fingerprint density at radius 3 is 2.59 bits per heavy atom. The quantitative estimate of drug-likeness (QED) is 0.401. The molecule has 0 saturated carbocycles. The number of aliphatic carboxylic acids is 1. The molecule has 1 aliphatic heterocycles. The number of aryl methyl sites for hydroxylation is 1. The normalized spacial score (nSPS) is 18.1. The van der Waals surface area contributed by atoms with Crippen molar-refractivity contribution >= 4 is 23.7 Å². The highest BCUT2D eigenvalue weighted by molar-refractivity contribution is 5.92. The van der Waals surface area contributed by atoms with E-state index in [0.717, 1.165) is 5.56 Å². The average molecular weight is 445 g/mol. The second-order valence-electron chi connectivity index (χ2n) is 7.80. The fraction of sp³-hybridized carbons (Fsp3) is 0.478. The van der Waals surface area contributed by atoms with Crippen LogP contribution in [-0.4, -0.2) is 58.5 Å². The molecule has 32 heavy (non-hydrogen) atoms. The van der Waals surface area contributed by atoms with Crippen LogP contribution in [-0.2, 0) is 25.6 Å². The Morgan fingerprint density at radius 1 is 1.22 bits per heavy atom. The maximum absolute atomic E-state index is 12.9.